The van der Waals surface area contributed by atoms with Crippen LogP contribution in [0.3, 0.4) is 0 Å². The average Bonchev–Trinajstić information content (AvgIpc) is 3.02. The van der Waals surface area contributed by atoms with Crippen LogP contribution in [0.25, 0.3) is 0 Å². The average molecular weight is 453 g/mol. The minimum absolute atomic E-state index is 0.106. The fraction of sp³-hybridized carbons (Fsp3) is 0.733. The van der Waals surface area contributed by atoms with E-state index in [-0.39, 0.29) is 21.7 Å². The third kappa shape index (κ3) is 3.43. The number of ketones is 1. The summed E-state index contributed by atoms with van der Waals surface area (Å²) < 4.78 is 0. The first kappa shape index (κ1) is 24.5. The number of aliphatic carboxylic acids is 1. The smallest absolute Gasteiger partial charge is 0.330 e. The summed E-state index contributed by atoms with van der Waals surface area (Å²) in [6, 6.07) is 0. The second-order valence-corrected chi connectivity index (χ2v) is 12.9. The van der Waals surface area contributed by atoms with E-state index in [1.54, 1.807) is 18.1 Å². The minimum atomic E-state index is -0.809. The van der Waals surface area contributed by atoms with Crippen molar-refractivity contribution in [2.75, 3.05) is 0 Å². The number of hydrogen-bond donors (Lipinski definition) is 1. The van der Waals surface area contributed by atoms with Crippen molar-refractivity contribution in [2.24, 2.45) is 39.4 Å². The molecule has 0 radical (unpaired) electrons. The lowest BCUT2D eigenvalue weighted by molar-refractivity contribution is -0.138. The molecule has 2 saturated carbocycles. The number of allylic oxidation sites excluding steroid dienone is 5. The Morgan fingerprint density at radius 1 is 1.15 bits per heavy atom. The van der Waals surface area contributed by atoms with Crippen molar-refractivity contribution in [3.8, 4) is 0 Å². The van der Waals surface area contributed by atoms with Gasteiger partial charge in [0.1, 0.15) is 5.78 Å². The lowest BCUT2D eigenvalue weighted by Crippen LogP contribution is -2.53. The number of fused-ring (bicyclic) bond motifs is 5. The fourth-order valence-corrected chi connectivity index (χ4v) is 8.61. The maximum absolute atomic E-state index is 12.8. The van der Waals surface area contributed by atoms with Gasteiger partial charge in [-0.05, 0) is 97.0 Å². The van der Waals surface area contributed by atoms with Gasteiger partial charge in [-0.2, -0.15) is 0 Å². The molecular formula is C30H44O3. The quantitative estimate of drug-likeness (QED) is 0.439. The van der Waals surface area contributed by atoms with Gasteiger partial charge in [-0.1, -0.05) is 59.8 Å². The topological polar surface area (TPSA) is 54.4 Å². The molecule has 2 fully saturated rings. The van der Waals surface area contributed by atoms with Crippen LogP contribution in [0.2, 0.25) is 0 Å². The molecular weight excluding hydrogens is 408 g/mol. The third-order valence-electron chi connectivity index (χ3n) is 11.1. The Kier molecular flexibility index (Phi) is 5.90. The van der Waals surface area contributed by atoms with Gasteiger partial charge in [-0.15, -0.1) is 0 Å². The molecule has 0 aromatic heterocycles. The highest BCUT2D eigenvalue weighted by molar-refractivity contribution is 5.86. The Labute approximate surface area is 200 Å². The number of carboxylic acid groups (broad SMARTS) is 1. The van der Waals surface area contributed by atoms with Crippen molar-refractivity contribution in [3.63, 3.8) is 0 Å². The first-order chi connectivity index (χ1) is 15.3. The van der Waals surface area contributed by atoms with E-state index in [0.717, 1.165) is 32.1 Å². The molecule has 0 aromatic rings. The van der Waals surface area contributed by atoms with Gasteiger partial charge in [0.05, 0.1) is 0 Å². The number of rotatable bonds is 5. The molecule has 0 saturated heterocycles. The molecule has 33 heavy (non-hydrogen) atoms. The van der Waals surface area contributed by atoms with Crippen molar-refractivity contribution in [1.29, 1.82) is 0 Å². The summed E-state index contributed by atoms with van der Waals surface area (Å²) in [5, 5.41) is 9.15. The van der Waals surface area contributed by atoms with Gasteiger partial charge in [0.15, 0.2) is 0 Å². The highest BCUT2D eigenvalue weighted by Gasteiger charge is 2.63. The van der Waals surface area contributed by atoms with Crippen LogP contribution in [0.1, 0.15) is 99.8 Å². The van der Waals surface area contributed by atoms with Crippen molar-refractivity contribution in [2.45, 2.75) is 99.8 Å². The molecule has 1 N–H and O–H groups in total. The number of carboxylic acids is 1. The molecule has 3 unspecified atom stereocenters. The van der Waals surface area contributed by atoms with Crippen LogP contribution in [0, 0.1) is 39.4 Å². The molecule has 0 aromatic carbocycles. The zero-order valence-corrected chi connectivity index (χ0v) is 21.9. The van der Waals surface area contributed by atoms with Crippen LogP contribution in [-0.4, -0.2) is 16.9 Å². The summed E-state index contributed by atoms with van der Waals surface area (Å²) in [7, 11) is 0. The summed E-state index contributed by atoms with van der Waals surface area (Å²) in [5.74, 6) is 1.25. The van der Waals surface area contributed by atoms with E-state index in [4.69, 9.17) is 5.11 Å². The Balaban J connectivity index is 1.62. The normalized spacial score (nSPS) is 40.8. The van der Waals surface area contributed by atoms with E-state index in [1.165, 1.54) is 12.8 Å². The highest BCUT2D eigenvalue weighted by atomic mass is 16.4. The van der Waals surface area contributed by atoms with E-state index < -0.39 is 5.97 Å². The SMILES string of the molecule is C/C(=C\CCC(C)C1CC[C@@]2(C)C3=CCC4C(C)(C)C(=O)CC[C@]4(C)C3=CC[C@]12C)C(=O)O. The second kappa shape index (κ2) is 7.95. The van der Waals surface area contributed by atoms with E-state index in [9.17, 15) is 9.59 Å². The molecule has 3 nitrogen and oxygen atoms in total. The van der Waals surface area contributed by atoms with Crippen molar-refractivity contribution >= 4 is 11.8 Å². The molecule has 4 aliphatic carbocycles. The van der Waals surface area contributed by atoms with Gasteiger partial charge in [0, 0.05) is 17.4 Å². The van der Waals surface area contributed by atoms with Gasteiger partial charge in [-0.3, -0.25) is 4.79 Å². The number of carbonyl (C=O) groups excluding carboxylic acids is 1. The standard InChI is InChI=1S/C30H44O3/c1-19(9-8-10-20(2)26(32)33)21-13-17-30(7)23-11-12-24-27(3,4)25(31)15-16-28(24,5)22(23)14-18-29(21,30)6/h10-11,14,19,21,24H,8-9,12-13,15-18H2,1-7H3,(H,32,33)/b20-10+/t19?,21?,24?,28-,29-,30+/m1/s1. The second-order valence-electron chi connectivity index (χ2n) is 12.9. The summed E-state index contributed by atoms with van der Waals surface area (Å²) >= 11 is 0. The Morgan fingerprint density at radius 3 is 2.52 bits per heavy atom. The van der Waals surface area contributed by atoms with Crippen LogP contribution in [-0.2, 0) is 9.59 Å². The zero-order chi connectivity index (χ0) is 24.4. The van der Waals surface area contributed by atoms with Crippen LogP contribution >= 0.6 is 0 Å². The molecule has 4 rings (SSSR count). The van der Waals surface area contributed by atoms with Gasteiger partial charge in [0.25, 0.3) is 0 Å². The molecule has 3 heteroatoms. The predicted octanol–water partition coefficient (Wildman–Crippen LogP) is 7.53. The van der Waals surface area contributed by atoms with Crippen LogP contribution in [0.5, 0.6) is 0 Å². The molecule has 0 spiro atoms. The lowest BCUT2D eigenvalue weighted by atomic mass is 9.44. The highest BCUT2D eigenvalue weighted by Crippen LogP contribution is 2.71. The largest absolute Gasteiger partial charge is 0.478 e. The molecule has 0 heterocycles. The fourth-order valence-electron chi connectivity index (χ4n) is 8.61. The summed E-state index contributed by atoms with van der Waals surface area (Å²) in [4.78, 5) is 23.9. The van der Waals surface area contributed by atoms with Crippen molar-refractivity contribution in [1.82, 2.24) is 0 Å². The van der Waals surface area contributed by atoms with E-state index in [0.29, 0.717) is 35.5 Å². The number of hydrogen-bond acceptors (Lipinski definition) is 2. The molecule has 182 valence electrons. The Morgan fingerprint density at radius 2 is 1.85 bits per heavy atom. The summed E-state index contributed by atoms with van der Waals surface area (Å²) in [6.45, 7) is 15.9. The zero-order valence-electron chi connectivity index (χ0n) is 21.9. The van der Waals surface area contributed by atoms with Gasteiger partial charge in [0.2, 0.25) is 0 Å². The Hall–Kier alpha value is -1.64. The van der Waals surface area contributed by atoms with E-state index in [1.807, 2.05) is 6.08 Å². The van der Waals surface area contributed by atoms with Crippen molar-refractivity contribution in [3.05, 3.63) is 34.9 Å². The molecule has 0 aliphatic heterocycles. The van der Waals surface area contributed by atoms with Crippen LogP contribution in [0.4, 0.5) is 0 Å². The molecule has 0 amide bonds. The maximum Gasteiger partial charge on any atom is 0.330 e. The van der Waals surface area contributed by atoms with Crippen LogP contribution in [0.15, 0.2) is 34.9 Å². The first-order valence-electron chi connectivity index (χ1n) is 13.1. The first-order valence-corrected chi connectivity index (χ1v) is 13.1. The van der Waals surface area contributed by atoms with Gasteiger partial charge < -0.3 is 5.11 Å². The third-order valence-corrected chi connectivity index (χ3v) is 11.1. The van der Waals surface area contributed by atoms with Gasteiger partial charge in [-0.25, -0.2) is 4.79 Å². The molecule has 0 bridgehead atoms. The maximum atomic E-state index is 12.8. The molecule has 4 aliphatic rings. The monoisotopic (exact) mass is 452 g/mol. The van der Waals surface area contributed by atoms with E-state index in [2.05, 4.69) is 53.7 Å². The Bertz CT molecular complexity index is 950. The summed E-state index contributed by atoms with van der Waals surface area (Å²) in [5.41, 5.74) is 3.89. The van der Waals surface area contributed by atoms with Gasteiger partial charge >= 0.3 is 5.97 Å². The lowest BCUT2D eigenvalue weighted by Gasteiger charge is -2.59. The molecule has 6 atom stereocenters. The van der Waals surface area contributed by atoms with Crippen LogP contribution < -0.4 is 0 Å². The van der Waals surface area contributed by atoms with E-state index >= 15 is 0 Å². The number of Topliss-reactive ketones (excluding diaryl/α,β-unsaturated/α-hetero) is 1. The summed E-state index contributed by atoms with van der Waals surface area (Å²) in [6.07, 6.45) is 15.2. The predicted molar refractivity (Wildman–Crippen MR) is 134 cm³/mol. The minimum Gasteiger partial charge on any atom is -0.478 e. The van der Waals surface area contributed by atoms with Crippen molar-refractivity contribution < 1.29 is 14.7 Å². The number of carbonyl (C=O) groups is 2.